The van der Waals surface area contributed by atoms with Gasteiger partial charge in [0.2, 0.25) is 0 Å². The summed E-state index contributed by atoms with van der Waals surface area (Å²) >= 11 is 0. The van der Waals surface area contributed by atoms with Crippen LogP contribution in [0.1, 0.15) is 11.1 Å². The van der Waals surface area contributed by atoms with Crippen molar-refractivity contribution in [2.45, 2.75) is 13.5 Å². The van der Waals surface area contributed by atoms with Crippen molar-refractivity contribution in [3.05, 3.63) is 57.9 Å². The number of nitrogens with one attached hydrogen (secondary N) is 1. The molecule has 2 aromatic rings. The molecule has 0 atom stereocenters. The van der Waals surface area contributed by atoms with Crippen molar-refractivity contribution in [3.63, 3.8) is 0 Å². The molecule has 0 fully saturated rings. The van der Waals surface area contributed by atoms with Gasteiger partial charge in [0.05, 0.1) is 11.1 Å². The molecule has 1 N–H and O–H groups in total. The number of ether oxygens (including phenoxy) is 1. The Morgan fingerprint density at radius 2 is 2.15 bits per heavy atom. The summed E-state index contributed by atoms with van der Waals surface area (Å²) in [5, 5.41) is 13.7. The van der Waals surface area contributed by atoms with Crippen molar-refractivity contribution in [1.29, 1.82) is 0 Å². The van der Waals surface area contributed by atoms with Gasteiger partial charge < -0.3 is 10.1 Å². The smallest absolute Gasteiger partial charge is 0.269 e. The first-order valence-electron chi connectivity index (χ1n) is 6.11. The van der Waals surface area contributed by atoms with Gasteiger partial charge in [-0.25, -0.2) is 0 Å². The van der Waals surface area contributed by atoms with E-state index in [1.165, 1.54) is 12.1 Å². The van der Waals surface area contributed by atoms with E-state index in [9.17, 15) is 10.1 Å². The van der Waals surface area contributed by atoms with Crippen LogP contribution in [0.3, 0.4) is 0 Å². The fourth-order valence-corrected chi connectivity index (χ4v) is 1.81. The van der Waals surface area contributed by atoms with Crippen molar-refractivity contribution in [2.24, 2.45) is 0 Å². The molecule has 0 saturated heterocycles. The molecule has 6 nitrogen and oxygen atoms in total. The third-order valence-corrected chi connectivity index (χ3v) is 2.75. The van der Waals surface area contributed by atoms with Crippen molar-refractivity contribution < 1.29 is 9.66 Å². The summed E-state index contributed by atoms with van der Waals surface area (Å²) < 4.78 is 5.72. The van der Waals surface area contributed by atoms with E-state index in [-0.39, 0.29) is 5.69 Å². The van der Waals surface area contributed by atoms with E-state index >= 15 is 0 Å². The molecule has 104 valence electrons. The van der Waals surface area contributed by atoms with Crippen LogP contribution in [0.5, 0.6) is 11.5 Å². The lowest BCUT2D eigenvalue weighted by Crippen LogP contribution is -2.05. The van der Waals surface area contributed by atoms with E-state index in [2.05, 4.69) is 10.3 Å². The molecule has 0 spiro atoms. The zero-order valence-electron chi connectivity index (χ0n) is 11.3. The number of pyridine rings is 1. The van der Waals surface area contributed by atoms with Gasteiger partial charge in [-0.05, 0) is 37.2 Å². The molecule has 1 aromatic heterocycles. The fourth-order valence-electron chi connectivity index (χ4n) is 1.81. The molecule has 6 heteroatoms. The number of non-ortho nitro benzene ring substituents is 1. The fraction of sp³-hybridized carbons (Fsp3) is 0.214. The highest BCUT2D eigenvalue weighted by Crippen LogP contribution is 2.28. The summed E-state index contributed by atoms with van der Waals surface area (Å²) in [6.45, 7) is 2.47. The second-order valence-corrected chi connectivity index (χ2v) is 4.37. The minimum atomic E-state index is -0.425. The summed E-state index contributed by atoms with van der Waals surface area (Å²) in [6.07, 6.45) is 3.37. The van der Waals surface area contributed by atoms with Crippen LogP contribution < -0.4 is 10.1 Å². The molecule has 1 aromatic carbocycles. The number of aryl methyl sites for hydroxylation is 1. The van der Waals surface area contributed by atoms with Gasteiger partial charge in [0, 0.05) is 24.9 Å². The molecule has 0 aliphatic heterocycles. The number of nitro groups is 1. The first kappa shape index (κ1) is 14.0. The zero-order valence-corrected chi connectivity index (χ0v) is 11.3. The molecule has 0 bridgehead atoms. The lowest BCUT2D eigenvalue weighted by molar-refractivity contribution is -0.384. The summed E-state index contributed by atoms with van der Waals surface area (Å²) in [6, 6.07) is 6.38. The van der Waals surface area contributed by atoms with E-state index in [0.717, 1.165) is 5.56 Å². The van der Waals surface area contributed by atoms with E-state index in [1.54, 1.807) is 25.4 Å². The van der Waals surface area contributed by atoms with Gasteiger partial charge >= 0.3 is 0 Å². The Balaban J connectivity index is 2.21. The summed E-state index contributed by atoms with van der Waals surface area (Å²) in [7, 11) is 1.86. The third kappa shape index (κ3) is 3.30. The maximum Gasteiger partial charge on any atom is 0.269 e. The SMILES string of the molecule is CNCc1cncc(Oc2ccc([N+](=O)[O-])cc2C)c1. The second-order valence-electron chi connectivity index (χ2n) is 4.37. The molecule has 0 aliphatic rings. The molecule has 0 aliphatic carbocycles. The number of nitro benzene ring substituents is 1. The molecule has 2 rings (SSSR count). The maximum absolute atomic E-state index is 10.7. The van der Waals surface area contributed by atoms with Gasteiger partial charge in [0.1, 0.15) is 11.5 Å². The van der Waals surface area contributed by atoms with Gasteiger partial charge in [-0.15, -0.1) is 0 Å². The highest BCUT2D eigenvalue weighted by molar-refractivity contribution is 5.44. The Labute approximate surface area is 116 Å². The molecule has 20 heavy (non-hydrogen) atoms. The number of nitrogens with zero attached hydrogens (tertiary/aromatic N) is 2. The minimum Gasteiger partial charge on any atom is -0.455 e. The van der Waals surface area contributed by atoms with E-state index < -0.39 is 4.92 Å². The average Bonchev–Trinajstić information content (AvgIpc) is 2.42. The minimum absolute atomic E-state index is 0.0527. The van der Waals surface area contributed by atoms with Crippen LogP contribution in [-0.2, 0) is 6.54 Å². The topological polar surface area (TPSA) is 77.3 Å². The van der Waals surface area contributed by atoms with Crippen molar-refractivity contribution in [3.8, 4) is 11.5 Å². The van der Waals surface area contributed by atoms with E-state index in [1.807, 2.05) is 13.1 Å². The Kier molecular flexibility index (Phi) is 4.27. The first-order valence-corrected chi connectivity index (χ1v) is 6.11. The van der Waals surface area contributed by atoms with Gasteiger partial charge in [-0.2, -0.15) is 0 Å². The standard InChI is InChI=1S/C14H15N3O3/c1-10-5-12(17(18)19)3-4-14(10)20-13-6-11(7-15-2)8-16-9-13/h3-6,8-9,15H,7H2,1-2H3. The first-order chi connectivity index (χ1) is 9.60. The normalized spacial score (nSPS) is 10.3. The number of aromatic nitrogens is 1. The van der Waals surface area contributed by atoms with Gasteiger partial charge in [-0.3, -0.25) is 15.1 Å². The van der Waals surface area contributed by atoms with Gasteiger partial charge in [0.25, 0.3) is 5.69 Å². The molecular formula is C14H15N3O3. The predicted molar refractivity (Wildman–Crippen MR) is 74.9 cm³/mol. The predicted octanol–water partition coefficient (Wildman–Crippen LogP) is 2.81. The van der Waals surface area contributed by atoms with Gasteiger partial charge in [-0.1, -0.05) is 0 Å². The van der Waals surface area contributed by atoms with Crippen LogP contribution in [0, 0.1) is 17.0 Å². The molecular weight excluding hydrogens is 258 g/mol. The molecule has 0 saturated carbocycles. The van der Waals surface area contributed by atoms with Crippen LogP contribution >= 0.6 is 0 Å². The lowest BCUT2D eigenvalue weighted by atomic mass is 10.2. The lowest BCUT2D eigenvalue weighted by Gasteiger charge is -2.09. The number of hydrogen-bond donors (Lipinski definition) is 1. The summed E-state index contributed by atoms with van der Waals surface area (Å²) in [4.78, 5) is 14.4. The molecule has 0 unspecified atom stereocenters. The van der Waals surface area contributed by atoms with Crippen molar-refractivity contribution in [2.75, 3.05) is 7.05 Å². The van der Waals surface area contributed by atoms with Crippen LogP contribution in [0.4, 0.5) is 5.69 Å². The van der Waals surface area contributed by atoms with Crippen molar-refractivity contribution in [1.82, 2.24) is 10.3 Å². The van der Waals surface area contributed by atoms with Crippen LogP contribution in [0.2, 0.25) is 0 Å². The Morgan fingerprint density at radius 1 is 1.35 bits per heavy atom. The molecule has 0 amide bonds. The van der Waals surface area contributed by atoms with Gasteiger partial charge in [0.15, 0.2) is 0 Å². The second kappa shape index (κ2) is 6.12. The van der Waals surface area contributed by atoms with Crippen LogP contribution in [-0.4, -0.2) is 17.0 Å². The van der Waals surface area contributed by atoms with Crippen LogP contribution in [0.25, 0.3) is 0 Å². The van der Waals surface area contributed by atoms with Crippen molar-refractivity contribution >= 4 is 5.69 Å². The zero-order chi connectivity index (χ0) is 14.5. The number of hydrogen-bond acceptors (Lipinski definition) is 5. The maximum atomic E-state index is 10.7. The summed E-state index contributed by atoms with van der Waals surface area (Å²) in [5.41, 5.74) is 1.76. The molecule has 1 heterocycles. The van der Waals surface area contributed by atoms with E-state index in [0.29, 0.717) is 23.6 Å². The molecule has 0 radical (unpaired) electrons. The van der Waals surface area contributed by atoms with E-state index in [4.69, 9.17) is 4.74 Å². The summed E-state index contributed by atoms with van der Waals surface area (Å²) in [5.74, 6) is 1.19. The number of benzene rings is 1. The largest absolute Gasteiger partial charge is 0.455 e. The Morgan fingerprint density at radius 3 is 2.80 bits per heavy atom. The Hall–Kier alpha value is -2.47. The quantitative estimate of drug-likeness (QED) is 0.669. The highest BCUT2D eigenvalue weighted by Gasteiger charge is 2.09. The number of rotatable bonds is 5. The average molecular weight is 273 g/mol. The highest BCUT2D eigenvalue weighted by atomic mass is 16.6. The monoisotopic (exact) mass is 273 g/mol. The Bertz CT molecular complexity index is 629. The third-order valence-electron chi connectivity index (χ3n) is 2.75. The van der Waals surface area contributed by atoms with Crippen LogP contribution in [0.15, 0.2) is 36.7 Å².